The smallest absolute Gasteiger partial charge is 0.231 e. The Kier molecular flexibility index (Phi) is 6.41. The molecule has 0 fully saturated rings. The molecule has 0 aliphatic carbocycles. The summed E-state index contributed by atoms with van der Waals surface area (Å²) in [6.07, 6.45) is 3.60. The van der Waals surface area contributed by atoms with Crippen LogP contribution in [0, 0.1) is 0 Å². The quantitative estimate of drug-likeness (QED) is 0.393. The van der Waals surface area contributed by atoms with Gasteiger partial charge in [-0.3, -0.25) is 4.79 Å². The Labute approximate surface area is 189 Å². The third-order valence-corrected chi connectivity index (χ3v) is 5.58. The van der Waals surface area contributed by atoms with Crippen LogP contribution in [-0.2, 0) is 6.61 Å². The lowest BCUT2D eigenvalue weighted by molar-refractivity contribution is 0.101. The van der Waals surface area contributed by atoms with Gasteiger partial charge in [0.25, 0.3) is 0 Å². The molecule has 0 radical (unpaired) electrons. The average molecular weight is 426 g/mol. The van der Waals surface area contributed by atoms with Crippen LogP contribution in [0.4, 0.5) is 5.69 Å². The summed E-state index contributed by atoms with van der Waals surface area (Å²) in [6.45, 7) is 10.4. The number of ether oxygens (including phenoxy) is 2. The number of rotatable bonds is 8. The Morgan fingerprint density at radius 2 is 1.62 bits per heavy atom. The first-order valence-electron chi connectivity index (χ1n) is 10.9. The first-order valence-corrected chi connectivity index (χ1v) is 10.9. The molecule has 0 spiro atoms. The van der Waals surface area contributed by atoms with Gasteiger partial charge in [-0.15, -0.1) is 0 Å². The Morgan fingerprint density at radius 1 is 0.938 bits per heavy atom. The molecule has 162 valence electrons. The highest BCUT2D eigenvalue weighted by Gasteiger charge is 2.27. The summed E-state index contributed by atoms with van der Waals surface area (Å²) >= 11 is 0. The van der Waals surface area contributed by atoms with E-state index in [2.05, 4.69) is 37.5 Å². The largest absolute Gasteiger partial charge is 0.489 e. The molecular formula is C28H27NO3. The Morgan fingerprint density at radius 3 is 2.28 bits per heavy atom. The van der Waals surface area contributed by atoms with E-state index in [1.807, 2.05) is 42.5 Å². The number of ketones is 1. The molecule has 0 amide bonds. The maximum Gasteiger partial charge on any atom is 0.231 e. The van der Waals surface area contributed by atoms with E-state index < -0.39 is 0 Å². The molecule has 3 aromatic rings. The summed E-state index contributed by atoms with van der Waals surface area (Å²) in [4.78, 5) is 15.0. The van der Waals surface area contributed by atoms with E-state index in [1.54, 1.807) is 24.3 Å². The van der Waals surface area contributed by atoms with Crippen LogP contribution in [-0.4, -0.2) is 18.9 Å². The van der Waals surface area contributed by atoms with Crippen molar-refractivity contribution in [2.24, 2.45) is 0 Å². The highest BCUT2D eigenvalue weighted by Crippen LogP contribution is 2.35. The third-order valence-electron chi connectivity index (χ3n) is 5.58. The van der Waals surface area contributed by atoms with Crippen LogP contribution >= 0.6 is 0 Å². The van der Waals surface area contributed by atoms with Crippen LogP contribution in [0.15, 0.2) is 79.1 Å². The van der Waals surface area contributed by atoms with Crippen molar-refractivity contribution in [2.45, 2.75) is 20.5 Å². The number of allylic oxidation sites excluding steroid dienone is 1. The van der Waals surface area contributed by atoms with Crippen LogP contribution in [0.5, 0.6) is 11.5 Å². The lowest BCUT2D eigenvalue weighted by Crippen LogP contribution is -2.21. The lowest BCUT2D eigenvalue weighted by atomic mass is 10.1. The second kappa shape index (κ2) is 9.56. The van der Waals surface area contributed by atoms with E-state index in [0.29, 0.717) is 29.4 Å². The van der Waals surface area contributed by atoms with Gasteiger partial charge >= 0.3 is 0 Å². The van der Waals surface area contributed by atoms with Gasteiger partial charge in [0.15, 0.2) is 5.76 Å². The Hall–Kier alpha value is -3.79. The highest BCUT2D eigenvalue weighted by molar-refractivity contribution is 6.14. The van der Waals surface area contributed by atoms with Gasteiger partial charge in [-0.2, -0.15) is 0 Å². The molecule has 0 atom stereocenters. The van der Waals surface area contributed by atoms with Crippen molar-refractivity contribution in [3.63, 3.8) is 0 Å². The Balaban J connectivity index is 1.45. The van der Waals surface area contributed by atoms with Gasteiger partial charge in [-0.05, 0) is 60.9 Å². The molecule has 0 saturated carbocycles. The normalized spacial score (nSPS) is 13.6. The summed E-state index contributed by atoms with van der Waals surface area (Å²) in [5.41, 5.74) is 4.78. The van der Waals surface area contributed by atoms with Crippen LogP contribution in [0.2, 0.25) is 0 Å². The van der Waals surface area contributed by atoms with Gasteiger partial charge in [0, 0.05) is 24.8 Å². The maximum absolute atomic E-state index is 12.8. The number of carbonyl (C=O) groups is 1. The molecule has 1 heterocycles. The van der Waals surface area contributed by atoms with Crippen LogP contribution in [0.1, 0.15) is 40.9 Å². The molecule has 0 saturated heterocycles. The van der Waals surface area contributed by atoms with Gasteiger partial charge in [-0.1, -0.05) is 49.1 Å². The molecule has 0 N–H and O–H groups in total. The molecule has 4 rings (SSSR count). The molecule has 1 aliphatic rings. The number of Topliss-reactive ketones (excluding diaryl/α,β-unsaturated/α-hetero) is 1. The summed E-state index contributed by atoms with van der Waals surface area (Å²) in [7, 11) is 0. The fourth-order valence-corrected chi connectivity index (χ4v) is 3.70. The van der Waals surface area contributed by atoms with Crippen molar-refractivity contribution in [2.75, 3.05) is 18.0 Å². The number of carbonyl (C=O) groups excluding carboxylic acids is 1. The van der Waals surface area contributed by atoms with Crippen molar-refractivity contribution < 1.29 is 14.3 Å². The van der Waals surface area contributed by atoms with E-state index in [9.17, 15) is 4.79 Å². The molecule has 0 unspecified atom stereocenters. The number of anilines is 1. The fraction of sp³-hybridized carbons (Fsp3) is 0.179. The van der Waals surface area contributed by atoms with Gasteiger partial charge < -0.3 is 14.4 Å². The molecule has 4 heteroatoms. The van der Waals surface area contributed by atoms with Crippen molar-refractivity contribution in [1.82, 2.24) is 0 Å². The van der Waals surface area contributed by atoms with Crippen LogP contribution in [0.3, 0.4) is 0 Å². The van der Waals surface area contributed by atoms with Crippen molar-refractivity contribution in [3.8, 4) is 11.5 Å². The van der Waals surface area contributed by atoms with Crippen LogP contribution in [0.25, 0.3) is 12.2 Å². The minimum Gasteiger partial charge on any atom is -0.489 e. The van der Waals surface area contributed by atoms with Gasteiger partial charge in [0.1, 0.15) is 18.1 Å². The molecular weight excluding hydrogens is 398 g/mol. The standard InChI is InChI=1S/C28H27NO3/c1-4-20-7-9-22(10-8-20)19-31-24-15-16-25-26(18-24)32-27(28(25)30)17-21-11-13-23(14-12-21)29(5-2)6-3/h4,7-18H,1,5-6,19H2,2-3H3/b27-17-. The van der Waals surface area contributed by atoms with E-state index >= 15 is 0 Å². The van der Waals surface area contributed by atoms with Crippen LogP contribution < -0.4 is 14.4 Å². The first kappa shape index (κ1) is 21.4. The first-order chi connectivity index (χ1) is 15.6. The van der Waals surface area contributed by atoms with Crippen molar-refractivity contribution >= 4 is 23.6 Å². The fourth-order valence-electron chi connectivity index (χ4n) is 3.70. The molecule has 0 bridgehead atoms. The molecule has 3 aromatic carbocycles. The predicted molar refractivity (Wildman–Crippen MR) is 130 cm³/mol. The summed E-state index contributed by atoms with van der Waals surface area (Å²) < 4.78 is 11.8. The average Bonchev–Trinajstić information content (AvgIpc) is 3.14. The minimum absolute atomic E-state index is 0.112. The second-order valence-electron chi connectivity index (χ2n) is 7.60. The van der Waals surface area contributed by atoms with Gasteiger partial charge in [-0.25, -0.2) is 0 Å². The monoisotopic (exact) mass is 425 g/mol. The summed E-state index contributed by atoms with van der Waals surface area (Å²) in [5, 5.41) is 0. The number of nitrogens with zero attached hydrogens (tertiary/aromatic N) is 1. The van der Waals surface area contributed by atoms with Crippen molar-refractivity contribution in [1.29, 1.82) is 0 Å². The van der Waals surface area contributed by atoms with Crippen molar-refractivity contribution in [3.05, 3.63) is 101 Å². The predicted octanol–water partition coefficient (Wildman–Crippen LogP) is 6.37. The minimum atomic E-state index is -0.112. The summed E-state index contributed by atoms with van der Waals surface area (Å²) in [6, 6.07) is 21.5. The number of benzene rings is 3. The van der Waals surface area contributed by atoms with E-state index in [0.717, 1.165) is 29.8 Å². The second-order valence-corrected chi connectivity index (χ2v) is 7.60. The van der Waals surface area contributed by atoms with E-state index in [4.69, 9.17) is 9.47 Å². The van der Waals surface area contributed by atoms with Gasteiger partial charge in [0.2, 0.25) is 5.78 Å². The Bertz CT molecular complexity index is 1140. The number of hydrogen-bond acceptors (Lipinski definition) is 4. The molecule has 0 aromatic heterocycles. The molecule has 1 aliphatic heterocycles. The molecule has 32 heavy (non-hydrogen) atoms. The van der Waals surface area contributed by atoms with E-state index in [1.165, 1.54) is 5.69 Å². The zero-order valence-electron chi connectivity index (χ0n) is 18.5. The van der Waals surface area contributed by atoms with Gasteiger partial charge in [0.05, 0.1) is 5.56 Å². The zero-order chi connectivity index (χ0) is 22.5. The lowest BCUT2D eigenvalue weighted by Gasteiger charge is -2.20. The SMILES string of the molecule is C=Cc1ccc(COc2ccc3c(c2)O/C(=C\c2ccc(N(CC)CC)cc2)C3=O)cc1. The third kappa shape index (κ3) is 4.59. The number of hydrogen-bond donors (Lipinski definition) is 0. The highest BCUT2D eigenvalue weighted by atomic mass is 16.5. The number of fused-ring (bicyclic) bond motifs is 1. The maximum atomic E-state index is 12.8. The molecule has 4 nitrogen and oxygen atoms in total. The summed E-state index contributed by atoms with van der Waals surface area (Å²) in [5.74, 6) is 1.40. The topological polar surface area (TPSA) is 38.8 Å². The zero-order valence-corrected chi connectivity index (χ0v) is 18.5. The van der Waals surface area contributed by atoms with E-state index in [-0.39, 0.29) is 5.78 Å².